The van der Waals surface area contributed by atoms with Crippen LogP contribution in [0.1, 0.15) is 33.0 Å². The van der Waals surface area contributed by atoms with Gasteiger partial charge in [-0.25, -0.2) is 9.59 Å². The summed E-state index contributed by atoms with van der Waals surface area (Å²) >= 11 is 0. The maximum atomic E-state index is 12.1. The molecule has 4 rings (SSSR count). The van der Waals surface area contributed by atoms with Gasteiger partial charge >= 0.3 is 12.1 Å². The molecule has 0 radical (unpaired) electrons. The molecule has 1 aliphatic rings. The Morgan fingerprint density at radius 3 is 2.03 bits per heavy atom. The summed E-state index contributed by atoms with van der Waals surface area (Å²) in [7, 11) is 0. The molecule has 1 aliphatic carbocycles. The van der Waals surface area contributed by atoms with Gasteiger partial charge in [-0.2, -0.15) is 0 Å². The van der Waals surface area contributed by atoms with Gasteiger partial charge in [0.25, 0.3) is 0 Å². The van der Waals surface area contributed by atoms with Crippen molar-refractivity contribution in [3.8, 4) is 11.1 Å². The van der Waals surface area contributed by atoms with Crippen LogP contribution in [0.5, 0.6) is 0 Å². The van der Waals surface area contributed by atoms with Crippen molar-refractivity contribution in [2.75, 3.05) is 19.7 Å². The van der Waals surface area contributed by atoms with Gasteiger partial charge in [-0.1, -0.05) is 60.7 Å². The van der Waals surface area contributed by atoms with E-state index in [0.717, 1.165) is 27.8 Å². The summed E-state index contributed by atoms with van der Waals surface area (Å²) in [5, 5.41) is 14.1. The number of carboxylic acid groups (broad SMARTS) is 1. The van der Waals surface area contributed by atoms with Crippen LogP contribution in [0, 0.1) is 0 Å². The van der Waals surface area contributed by atoms with E-state index in [9.17, 15) is 14.4 Å². The molecule has 0 spiro atoms. The highest BCUT2D eigenvalue weighted by atomic mass is 16.5. The number of nitrogens with one attached hydrogen (secondary N) is 2. The normalized spacial score (nSPS) is 11.9. The van der Waals surface area contributed by atoms with Crippen molar-refractivity contribution in [1.82, 2.24) is 10.6 Å². The molecule has 0 atom stereocenters. The summed E-state index contributed by atoms with van der Waals surface area (Å²) in [6.45, 7) is 0.375. The fraction of sp³-hybridized carbons (Fsp3) is 0.192. The minimum Gasteiger partial charge on any atom is -0.478 e. The second-order valence-corrected chi connectivity index (χ2v) is 7.78. The summed E-state index contributed by atoms with van der Waals surface area (Å²) in [4.78, 5) is 35.0. The number of rotatable bonds is 8. The Bertz CT molecular complexity index is 1130. The van der Waals surface area contributed by atoms with E-state index in [1.807, 2.05) is 36.4 Å². The molecule has 3 aromatic carbocycles. The summed E-state index contributed by atoms with van der Waals surface area (Å²) in [6, 6.07) is 22.6. The molecular formula is C26H24N2O5. The molecule has 0 saturated heterocycles. The van der Waals surface area contributed by atoms with E-state index >= 15 is 0 Å². The number of alkyl carbamates (subject to hydrolysis) is 1. The van der Waals surface area contributed by atoms with Crippen molar-refractivity contribution in [3.63, 3.8) is 0 Å². The van der Waals surface area contributed by atoms with Crippen molar-refractivity contribution in [3.05, 3.63) is 95.1 Å². The van der Waals surface area contributed by atoms with E-state index in [0.29, 0.717) is 13.0 Å². The average Bonchev–Trinajstić information content (AvgIpc) is 3.15. The molecule has 3 N–H and O–H groups in total. The van der Waals surface area contributed by atoms with Crippen LogP contribution in [0.2, 0.25) is 0 Å². The van der Waals surface area contributed by atoms with Crippen molar-refractivity contribution in [2.24, 2.45) is 0 Å². The first-order chi connectivity index (χ1) is 16.0. The van der Waals surface area contributed by atoms with Gasteiger partial charge in [0.1, 0.15) is 6.61 Å². The third kappa shape index (κ3) is 5.20. The zero-order chi connectivity index (χ0) is 23.2. The highest BCUT2D eigenvalue weighted by Crippen LogP contribution is 2.44. The molecule has 3 aromatic rings. The fourth-order valence-electron chi connectivity index (χ4n) is 4.02. The van der Waals surface area contributed by atoms with Gasteiger partial charge in [-0.05, 0) is 46.4 Å². The van der Waals surface area contributed by atoms with E-state index in [1.165, 1.54) is 12.1 Å². The maximum absolute atomic E-state index is 12.1. The van der Waals surface area contributed by atoms with Crippen LogP contribution in [-0.2, 0) is 16.0 Å². The van der Waals surface area contributed by atoms with E-state index in [1.54, 1.807) is 12.1 Å². The number of hydrogen-bond acceptors (Lipinski definition) is 4. The van der Waals surface area contributed by atoms with Crippen LogP contribution in [0.4, 0.5) is 4.79 Å². The minimum atomic E-state index is -0.978. The Labute approximate surface area is 191 Å². The quantitative estimate of drug-likeness (QED) is 0.493. The molecule has 0 aliphatic heterocycles. The second kappa shape index (κ2) is 9.99. The Hall–Kier alpha value is -4.13. The topological polar surface area (TPSA) is 105 Å². The minimum absolute atomic E-state index is 0.0375. The second-order valence-electron chi connectivity index (χ2n) is 7.78. The molecule has 0 heterocycles. The van der Waals surface area contributed by atoms with Gasteiger partial charge in [-0.3, -0.25) is 4.79 Å². The summed E-state index contributed by atoms with van der Waals surface area (Å²) in [6.07, 6.45) is -0.0902. The first-order valence-corrected chi connectivity index (χ1v) is 10.7. The third-order valence-corrected chi connectivity index (χ3v) is 5.67. The number of fused-ring (bicyclic) bond motifs is 3. The van der Waals surface area contributed by atoms with Crippen LogP contribution in [0.15, 0.2) is 72.8 Å². The predicted molar refractivity (Wildman–Crippen MR) is 123 cm³/mol. The Morgan fingerprint density at radius 1 is 0.818 bits per heavy atom. The molecule has 7 heteroatoms. The van der Waals surface area contributed by atoms with E-state index in [4.69, 9.17) is 9.84 Å². The smallest absolute Gasteiger partial charge is 0.407 e. The molecular weight excluding hydrogens is 420 g/mol. The molecule has 0 fully saturated rings. The number of carboxylic acids is 1. The largest absolute Gasteiger partial charge is 0.478 e. The molecule has 168 valence electrons. The average molecular weight is 444 g/mol. The molecule has 0 saturated carbocycles. The maximum Gasteiger partial charge on any atom is 0.407 e. The lowest BCUT2D eigenvalue weighted by molar-refractivity contribution is -0.120. The standard InChI is InChI=1S/C26H24N2O5/c29-24(27-14-13-17-9-11-18(12-10-17)25(30)31)15-28-26(32)33-16-23-21-7-3-1-5-19(21)20-6-2-4-8-22(20)23/h1-12,23H,13-16H2,(H,27,29)(H,28,32)(H,30,31). The fourth-order valence-corrected chi connectivity index (χ4v) is 4.02. The number of hydrogen-bond donors (Lipinski definition) is 3. The molecule has 33 heavy (non-hydrogen) atoms. The van der Waals surface area contributed by atoms with Gasteiger partial charge in [0.2, 0.25) is 5.91 Å². The van der Waals surface area contributed by atoms with Gasteiger partial charge < -0.3 is 20.5 Å². The number of benzene rings is 3. The van der Waals surface area contributed by atoms with Crippen LogP contribution < -0.4 is 10.6 Å². The van der Waals surface area contributed by atoms with Crippen molar-refractivity contribution >= 4 is 18.0 Å². The van der Waals surface area contributed by atoms with Crippen LogP contribution in [-0.4, -0.2) is 42.8 Å². The monoisotopic (exact) mass is 444 g/mol. The summed E-state index contributed by atoms with van der Waals surface area (Å²) in [5.41, 5.74) is 5.68. The predicted octanol–water partition coefficient (Wildman–Crippen LogP) is 3.58. The molecule has 0 aromatic heterocycles. The summed E-state index contributed by atoms with van der Waals surface area (Å²) < 4.78 is 5.42. The lowest BCUT2D eigenvalue weighted by Gasteiger charge is -2.14. The van der Waals surface area contributed by atoms with Gasteiger partial charge in [0, 0.05) is 12.5 Å². The summed E-state index contributed by atoms with van der Waals surface area (Å²) in [5.74, 6) is -1.34. The van der Waals surface area contributed by atoms with Crippen LogP contribution in [0.25, 0.3) is 11.1 Å². The number of ether oxygens (including phenoxy) is 1. The van der Waals surface area contributed by atoms with Crippen molar-refractivity contribution in [1.29, 1.82) is 0 Å². The Morgan fingerprint density at radius 2 is 1.42 bits per heavy atom. The number of carbonyl (C=O) groups is 3. The first kappa shape index (κ1) is 22.1. The highest BCUT2D eigenvalue weighted by Gasteiger charge is 2.29. The van der Waals surface area contributed by atoms with Crippen LogP contribution >= 0.6 is 0 Å². The van der Waals surface area contributed by atoms with Crippen molar-refractivity contribution < 1.29 is 24.2 Å². The van der Waals surface area contributed by atoms with Crippen LogP contribution in [0.3, 0.4) is 0 Å². The van der Waals surface area contributed by atoms with Gasteiger partial charge in [0.15, 0.2) is 0 Å². The first-order valence-electron chi connectivity index (χ1n) is 10.7. The van der Waals surface area contributed by atoms with E-state index in [-0.39, 0.29) is 30.5 Å². The molecule has 0 unspecified atom stereocenters. The third-order valence-electron chi connectivity index (χ3n) is 5.67. The van der Waals surface area contributed by atoms with Crippen molar-refractivity contribution in [2.45, 2.75) is 12.3 Å². The number of aromatic carboxylic acids is 1. The lowest BCUT2D eigenvalue weighted by Crippen LogP contribution is -2.38. The molecule has 7 nitrogen and oxygen atoms in total. The van der Waals surface area contributed by atoms with E-state index in [2.05, 4.69) is 22.8 Å². The lowest BCUT2D eigenvalue weighted by atomic mass is 9.98. The molecule has 0 bridgehead atoms. The zero-order valence-corrected chi connectivity index (χ0v) is 17.9. The van der Waals surface area contributed by atoms with E-state index < -0.39 is 12.1 Å². The number of amides is 2. The zero-order valence-electron chi connectivity index (χ0n) is 17.9. The van der Waals surface area contributed by atoms with Gasteiger partial charge in [-0.15, -0.1) is 0 Å². The Balaban J connectivity index is 1.21. The van der Waals surface area contributed by atoms with Gasteiger partial charge in [0.05, 0.1) is 12.1 Å². The molecule has 2 amide bonds. The number of carbonyl (C=O) groups excluding carboxylic acids is 2. The Kier molecular flexibility index (Phi) is 6.69. The highest BCUT2D eigenvalue weighted by molar-refractivity contribution is 5.87. The SMILES string of the molecule is O=C(CNC(=O)OCC1c2ccccc2-c2ccccc21)NCCc1ccc(C(=O)O)cc1.